The molecule has 3 heteroatoms. The maximum atomic E-state index is 4.17. The highest BCUT2D eigenvalue weighted by molar-refractivity contribution is 5.15. The summed E-state index contributed by atoms with van der Waals surface area (Å²) in [4.78, 5) is 8.35. The van der Waals surface area contributed by atoms with Gasteiger partial charge in [0.05, 0.1) is 0 Å². The quantitative estimate of drug-likeness (QED) is 0.849. The summed E-state index contributed by atoms with van der Waals surface area (Å²) < 4.78 is 0. The summed E-state index contributed by atoms with van der Waals surface area (Å²) in [5.41, 5.74) is 1.67. The lowest BCUT2D eigenvalue weighted by Gasteiger charge is -2.37. The van der Waals surface area contributed by atoms with Gasteiger partial charge in [-0.2, -0.15) is 0 Å². The van der Waals surface area contributed by atoms with Crippen molar-refractivity contribution in [1.82, 2.24) is 15.3 Å². The fourth-order valence-corrected chi connectivity index (χ4v) is 3.28. The van der Waals surface area contributed by atoms with Gasteiger partial charge in [0.25, 0.3) is 0 Å². The highest BCUT2D eigenvalue weighted by Gasteiger charge is 2.40. The zero-order valence-corrected chi connectivity index (χ0v) is 10.9. The van der Waals surface area contributed by atoms with Gasteiger partial charge in [-0.05, 0) is 31.2 Å². The van der Waals surface area contributed by atoms with Gasteiger partial charge in [0.15, 0.2) is 0 Å². The van der Waals surface area contributed by atoms with Gasteiger partial charge in [-0.25, -0.2) is 9.97 Å². The maximum absolute atomic E-state index is 4.17. The SMILES string of the molecule is CCNC(c1cncnc1)C1(CC)CCCC1. The zero-order valence-electron chi connectivity index (χ0n) is 10.9. The topological polar surface area (TPSA) is 37.8 Å². The zero-order chi connectivity index (χ0) is 12.1. The van der Waals surface area contributed by atoms with Crippen LogP contribution in [0.25, 0.3) is 0 Å². The molecule has 0 bridgehead atoms. The molecule has 1 aliphatic carbocycles. The Morgan fingerprint density at radius 2 is 1.88 bits per heavy atom. The molecular weight excluding hydrogens is 210 g/mol. The monoisotopic (exact) mass is 233 g/mol. The van der Waals surface area contributed by atoms with E-state index in [0.29, 0.717) is 11.5 Å². The Morgan fingerprint density at radius 1 is 1.24 bits per heavy atom. The van der Waals surface area contributed by atoms with Gasteiger partial charge in [-0.15, -0.1) is 0 Å². The van der Waals surface area contributed by atoms with Crippen LogP contribution < -0.4 is 5.32 Å². The van der Waals surface area contributed by atoms with E-state index in [1.54, 1.807) is 6.33 Å². The first-order valence-electron chi connectivity index (χ1n) is 6.80. The van der Waals surface area contributed by atoms with Crippen molar-refractivity contribution >= 4 is 0 Å². The summed E-state index contributed by atoms with van der Waals surface area (Å²) >= 11 is 0. The minimum Gasteiger partial charge on any atom is -0.310 e. The van der Waals surface area contributed by atoms with E-state index in [4.69, 9.17) is 0 Å². The molecule has 2 rings (SSSR count). The van der Waals surface area contributed by atoms with Crippen LogP contribution in [0, 0.1) is 5.41 Å². The normalized spacial score (nSPS) is 20.4. The molecule has 1 heterocycles. The van der Waals surface area contributed by atoms with E-state index in [2.05, 4.69) is 29.1 Å². The summed E-state index contributed by atoms with van der Waals surface area (Å²) in [5.74, 6) is 0. The molecule has 0 radical (unpaired) electrons. The third-order valence-electron chi connectivity index (χ3n) is 4.24. The molecule has 1 aliphatic rings. The van der Waals surface area contributed by atoms with Crippen molar-refractivity contribution in [2.75, 3.05) is 6.54 Å². The lowest BCUT2D eigenvalue weighted by Crippen LogP contribution is -2.36. The maximum Gasteiger partial charge on any atom is 0.115 e. The van der Waals surface area contributed by atoms with E-state index in [-0.39, 0.29) is 0 Å². The van der Waals surface area contributed by atoms with Gasteiger partial charge in [0.2, 0.25) is 0 Å². The Morgan fingerprint density at radius 3 is 2.41 bits per heavy atom. The van der Waals surface area contributed by atoms with Crippen molar-refractivity contribution in [3.8, 4) is 0 Å². The average Bonchev–Trinajstić information content (AvgIpc) is 2.87. The van der Waals surface area contributed by atoms with Gasteiger partial charge < -0.3 is 5.32 Å². The molecule has 3 nitrogen and oxygen atoms in total. The second-order valence-electron chi connectivity index (χ2n) is 5.09. The lowest BCUT2D eigenvalue weighted by molar-refractivity contribution is 0.188. The molecule has 17 heavy (non-hydrogen) atoms. The molecule has 1 unspecified atom stereocenters. The van der Waals surface area contributed by atoms with Crippen LogP contribution in [0.3, 0.4) is 0 Å². The number of rotatable bonds is 5. The smallest absolute Gasteiger partial charge is 0.115 e. The van der Waals surface area contributed by atoms with E-state index in [9.17, 15) is 0 Å². The fourth-order valence-electron chi connectivity index (χ4n) is 3.28. The van der Waals surface area contributed by atoms with Crippen molar-refractivity contribution in [3.63, 3.8) is 0 Å². The predicted molar refractivity (Wildman–Crippen MR) is 69.6 cm³/mol. The second kappa shape index (κ2) is 5.58. The van der Waals surface area contributed by atoms with E-state index in [1.807, 2.05) is 12.4 Å². The summed E-state index contributed by atoms with van der Waals surface area (Å²) in [7, 11) is 0. The summed E-state index contributed by atoms with van der Waals surface area (Å²) in [6, 6.07) is 0.418. The molecule has 1 atom stereocenters. The third kappa shape index (κ3) is 2.49. The molecule has 0 aliphatic heterocycles. The molecule has 1 aromatic heterocycles. The minimum absolute atomic E-state index is 0.417. The first kappa shape index (κ1) is 12.5. The van der Waals surface area contributed by atoms with Crippen LogP contribution in [-0.4, -0.2) is 16.5 Å². The highest BCUT2D eigenvalue weighted by atomic mass is 14.9. The van der Waals surface area contributed by atoms with E-state index >= 15 is 0 Å². The first-order chi connectivity index (χ1) is 8.32. The molecule has 0 spiro atoms. The third-order valence-corrected chi connectivity index (χ3v) is 4.24. The average molecular weight is 233 g/mol. The van der Waals surface area contributed by atoms with Gasteiger partial charge in [0, 0.05) is 24.0 Å². The number of hydrogen-bond donors (Lipinski definition) is 1. The fraction of sp³-hybridized carbons (Fsp3) is 0.714. The minimum atomic E-state index is 0.417. The van der Waals surface area contributed by atoms with Crippen LogP contribution >= 0.6 is 0 Å². The molecule has 1 saturated carbocycles. The Kier molecular flexibility index (Phi) is 4.11. The molecule has 0 amide bonds. The largest absolute Gasteiger partial charge is 0.310 e. The molecule has 1 fully saturated rings. The van der Waals surface area contributed by atoms with Crippen molar-refractivity contribution < 1.29 is 0 Å². The Hall–Kier alpha value is -0.960. The van der Waals surface area contributed by atoms with Crippen LogP contribution in [0.2, 0.25) is 0 Å². The van der Waals surface area contributed by atoms with Crippen LogP contribution in [0.4, 0.5) is 0 Å². The second-order valence-corrected chi connectivity index (χ2v) is 5.09. The van der Waals surface area contributed by atoms with Gasteiger partial charge in [-0.3, -0.25) is 0 Å². The van der Waals surface area contributed by atoms with E-state index in [1.165, 1.54) is 37.7 Å². The standard InChI is InChI=1S/C14H23N3/c1-3-14(7-5-6-8-14)13(17-4-2)12-9-15-11-16-10-12/h9-11,13,17H,3-8H2,1-2H3. The molecule has 0 saturated heterocycles. The number of hydrogen-bond acceptors (Lipinski definition) is 3. The number of aromatic nitrogens is 2. The van der Waals surface area contributed by atoms with Crippen molar-refractivity contribution in [2.45, 2.75) is 52.0 Å². The molecule has 0 aromatic carbocycles. The van der Waals surface area contributed by atoms with E-state index < -0.39 is 0 Å². The molecule has 94 valence electrons. The first-order valence-corrected chi connectivity index (χ1v) is 6.80. The molecule has 1 N–H and O–H groups in total. The van der Waals surface area contributed by atoms with Crippen molar-refractivity contribution in [3.05, 3.63) is 24.3 Å². The van der Waals surface area contributed by atoms with Crippen molar-refractivity contribution in [1.29, 1.82) is 0 Å². The lowest BCUT2D eigenvalue weighted by atomic mass is 9.74. The Bertz CT molecular complexity index is 331. The van der Waals surface area contributed by atoms with E-state index in [0.717, 1.165) is 6.54 Å². The van der Waals surface area contributed by atoms with Crippen LogP contribution in [0.5, 0.6) is 0 Å². The molecular formula is C14H23N3. The van der Waals surface area contributed by atoms with Gasteiger partial charge in [0.1, 0.15) is 6.33 Å². The number of nitrogens with one attached hydrogen (secondary N) is 1. The summed E-state index contributed by atoms with van der Waals surface area (Å²) in [6.45, 7) is 5.50. The highest BCUT2D eigenvalue weighted by Crippen LogP contribution is 2.49. The molecule has 1 aromatic rings. The Balaban J connectivity index is 2.27. The number of nitrogens with zero attached hydrogens (tertiary/aromatic N) is 2. The van der Waals surface area contributed by atoms with Crippen molar-refractivity contribution in [2.24, 2.45) is 5.41 Å². The van der Waals surface area contributed by atoms with Gasteiger partial charge in [-0.1, -0.05) is 26.7 Å². The summed E-state index contributed by atoms with van der Waals surface area (Å²) in [5, 5.41) is 3.65. The van der Waals surface area contributed by atoms with Gasteiger partial charge >= 0.3 is 0 Å². The van der Waals surface area contributed by atoms with Crippen LogP contribution in [0.1, 0.15) is 57.6 Å². The van der Waals surface area contributed by atoms with Crippen LogP contribution in [-0.2, 0) is 0 Å². The predicted octanol–water partition coefficient (Wildman–Crippen LogP) is 3.10. The summed E-state index contributed by atoms with van der Waals surface area (Å²) in [6.07, 6.45) is 12.2. The Labute approximate surface area is 104 Å². The van der Waals surface area contributed by atoms with Crippen LogP contribution in [0.15, 0.2) is 18.7 Å².